The van der Waals surface area contributed by atoms with Gasteiger partial charge in [0.05, 0.1) is 30.8 Å². The van der Waals surface area contributed by atoms with E-state index >= 15 is 0 Å². The number of hydrogen-bond donors (Lipinski definition) is 4. The second-order valence-electron chi connectivity index (χ2n) is 13.7. The van der Waals surface area contributed by atoms with Crippen LogP contribution in [0.15, 0.2) is 0 Å². The van der Waals surface area contributed by atoms with E-state index in [2.05, 4.69) is 20.8 Å². The molecule has 0 bridgehead atoms. The highest BCUT2D eigenvalue weighted by atomic mass is 16.5. The van der Waals surface area contributed by atoms with Gasteiger partial charge in [-0.05, 0) is 111 Å². The first-order valence-electron chi connectivity index (χ1n) is 14.8. The van der Waals surface area contributed by atoms with Crippen LogP contribution in [0, 0.1) is 51.8 Å². The molecule has 6 nitrogen and oxygen atoms in total. The molecule has 4 rings (SSSR count). The van der Waals surface area contributed by atoms with E-state index in [-0.39, 0.29) is 48.8 Å². The van der Waals surface area contributed by atoms with Gasteiger partial charge in [-0.1, -0.05) is 27.7 Å². The average molecular weight is 509 g/mol. The van der Waals surface area contributed by atoms with E-state index in [0.29, 0.717) is 48.3 Å². The van der Waals surface area contributed by atoms with Crippen molar-refractivity contribution in [2.24, 2.45) is 51.8 Å². The van der Waals surface area contributed by atoms with Crippen molar-refractivity contribution in [3.63, 3.8) is 0 Å². The molecule has 4 aliphatic carbocycles. The lowest BCUT2D eigenvalue weighted by molar-refractivity contribution is -0.175. The number of aliphatic hydroxyl groups excluding tert-OH is 4. The minimum atomic E-state index is -0.762. The summed E-state index contributed by atoms with van der Waals surface area (Å²) in [6.07, 6.45) is 9.69. The lowest BCUT2D eigenvalue weighted by Gasteiger charge is -2.62. The molecule has 4 aliphatic rings. The third-order valence-electron chi connectivity index (χ3n) is 12.3. The Morgan fingerprint density at radius 3 is 2.42 bits per heavy atom. The second-order valence-corrected chi connectivity index (χ2v) is 13.7. The van der Waals surface area contributed by atoms with Crippen molar-refractivity contribution < 1.29 is 30.0 Å². The number of hydrogen-bond acceptors (Lipinski definition) is 6. The van der Waals surface area contributed by atoms with Crippen LogP contribution in [0.5, 0.6) is 0 Å². The largest absolute Gasteiger partial charge is 0.465 e. The molecule has 10 atom stereocenters. The van der Waals surface area contributed by atoms with Crippen LogP contribution >= 0.6 is 0 Å². The Bertz CT molecular complexity index is 758. The fraction of sp³-hybridized carbons (Fsp3) is 0.967. The van der Waals surface area contributed by atoms with Gasteiger partial charge in [-0.25, -0.2) is 0 Å². The van der Waals surface area contributed by atoms with Crippen LogP contribution < -0.4 is 0 Å². The highest BCUT2D eigenvalue weighted by molar-refractivity contribution is 5.69. The van der Waals surface area contributed by atoms with Gasteiger partial charge >= 0.3 is 5.97 Å². The Morgan fingerprint density at radius 1 is 1.03 bits per heavy atom. The third kappa shape index (κ3) is 4.78. The van der Waals surface area contributed by atoms with E-state index in [1.807, 2.05) is 6.92 Å². The molecule has 0 spiro atoms. The summed E-state index contributed by atoms with van der Waals surface area (Å²) in [6, 6.07) is 0. The Labute approximate surface area is 218 Å². The first-order valence-corrected chi connectivity index (χ1v) is 14.8. The van der Waals surface area contributed by atoms with Gasteiger partial charge in [-0.2, -0.15) is 0 Å². The standard InChI is InChI=1S/C30H52O6/c1-5-30(16-31,17-32)18-36-27(35)11-6-19(2)23-9-10-24-22-8-7-20-14-21(33)12-13-28(20,3)25(22)15-26(34)29(23,24)4/h19-26,31-34H,5-18H2,1-4H3/t19-,20-,21-,22+,23-,24+,25+,26+,28+,29-/m1/s1. The molecule has 36 heavy (non-hydrogen) atoms. The van der Waals surface area contributed by atoms with Crippen LogP contribution in [0.4, 0.5) is 0 Å². The summed E-state index contributed by atoms with van der Waals surface area (Å²) in [5, 5.41) is 41.2. The topological polar surface area (TPSA) is 107 Å². The number of carbonyl (C=O) groups excluding carboxylic acids is 1. The Hall–Kier alpha value is -0.690. The van der Waals surface area contributed by atoms with Gasteiger partial charge in [0, 0.05) is 6.42 Å². The van der Waals surface area contributed by atoms with Gasteiger partial charge in [-0.15, -0.1) is 0 Å². The normalized spacial score (nSPS) is 43.3. The molecule has 0 saturated heterocycles. The van der Waals surface area contributed by atoms with Crippen molar-refractivity contribution in [2.45, 2.75) is 111 Å². The van der Waals surface area contributed by atoms with Crippen molar-refractivity contribution in [3.05, 3.63) is 0 Å². The average Bonchev–Trinajstić information content (AvgIpc) is 3.23. The zero-order chi connectivity index (χ0) is 26.3. The molecular formula is C30H52O6. The maximum absolute atomic E-state index is 12.5. The minimum absolute atomic E-state index is 0.0471. The molecule has 0 amide bonds. The monoisotopic (exact) mass is 508 g/mol. The Kier molecular flexibility index (Phi) is 8.51. The summed E-state index contributed by atoms with van der Waals surface area (Å²) in [5.41, 5.74) is -0.621. The third-order valence-corrected chi connectivity index (χ3v) is 12.3. The van der Waals surface area contributed by atoms with Gasteiger partial charge in [0.15, 0.2) is 0 Å². The fourth-order valence-corrected chi connectivity index (χ4v) is 9.48. The van der Waals surface area contributed by atoms with Gasteiger partial charge in [0.2, 0.25) is 0 Å². The first-order chi connectivity index (χ1) is 17.0. The van der Waals surface area contributed by atoms with Crippen LogP contribution in [0.1, 0.15) is 98.3 Å². The number of ether oxygens (including phenoxy) is 1. The summed E-state index contributed by atoms with van der Waals surface area (Å²) < 4.78 is 5.46. The number of rotatable bonds is 9. The molecule has 0 aromatic rings. The van der Waals surface area contributed by atoms with E-state index in [1.165, 1.54) is 19.3 Å². The van der Waals surface area contributed by atoms with Crippen LogP contribution in [0.2, 0.25) is 0 Å². The predicted molar refractivity (Wildman–Crippen MR) is 139 cm³/mol. The maximum atomic E-state index is 12.5. The summed E-state index contributed by atoms with van der Waals surface area (Å²) in [6.45, 7) is 8.55. The molecule has 0 aromatic carbocycles. The molecule has 4 fully saturated rings. The highest BCUT2D eigenvalue weighted by Crippen LogP contribution is 2.68. The van der Waals surface area contributed by atoms with Gasteiger partial charge in [0.1, 0.15) is 6.61 Å². The second kappa shape index (κ2) is 10.8. The van der Waals surface area contributed by atoms with E-state index in [0.717, 1.165) is 38.5 Å². The van der Waals surface area contributed by atoms with Crippen LogP contribution in [-0.2, 0) is 9.53 Å². The summed E-state index contributed by atoms with van der Waals surface area (Å²) >= 11 is 0. The minimum Gasteiger partial charge on any atom is -0.465 e. The molecule has 4 N–H and O–H groups in total. The van der Waals surface area contributed by atoms with Gasteiger partial charge < -0.3 is 25.2 Å². The van der Waals surface area contributed by atoms with E-state index < -0.39 is 5.41 Å². The predicted octanol–water partition coefficient (Wildman–Crippen LogP) is 4.32. The van der Waals surface area contributed by atoms with E-state index in [4.69, 9.17) is 4.74 Å². The van der Waals surface area contributed by atoms with Crippen LogP contribution in [0.3, 0.4) is 0 Å². The number of esters is 1. The maximum Gasteiger partial charge on any atom is 0.305 e. The molecule has 6 heteroatoms. The van der Waals surface area contributed by atoms with Crippen molar-refractivity contribution in [1.82, 2.24) is 0 Å². The van der Waals surface area contributed by atoms with E-state index in [9.17, 15) is 25.2 Å². The summed E-state index contributed by atoms with van der Waals surface area (Å²) in [5.74, 6) is 2.79. The lowest BCUT2D eigenvalue weighted by Crippen LogP contribution is -2.58. The molecule has 4 saturated carbocycles. The molecular weight excluding hydrogens is 456 g/mol. The quantitative estimate of drug-likeness (QED) is 0.346. The molecule has 0 unspecified atom stereocenters. The molecule has 208 valence electrons. The van der Waals surface area contributed by atoms with Crippen molar-refractivity contribution >= 4 is 5.97 Å². The van der Waals surface area contributed by atoms with Crippen LogP contribution in [-0.4, -0.2) is 58.4 Å². The molecule has 0 aromatic heterocycles. The van der Waals surface area contributed by atoms with Crippen molar-refractivity contribution in [2.75, 3.05) is 19.8 Å². The van der Waals surface area contributed by atoms with Gasteiger partial charge in [-0.3, -0.25) is 4.79 Å². The van der Waals surface area contributed by atoms with Crippen LogP contribution in [0.25, 0.3) is 0 Å². The first kappa shape index (κ1) is 28.3. The molecule has 0 radical (unpaired) electrons. The van der Waals surface area contributed by atoms with Crippen molar-refractivity contribution in [1.29, 1.82) is 0 Å². The number of carbonyl (C=O) groups is 1. The molecule has 0 aliphatic heterocycles. The summed E-state index contributed by atoms with van der Waals surface area (Å²) in [4.78, 5) is 12.5. The van der Waals surface area contributed by atoms with Crippen molar-refractivity contribution in [3.8, 4) is 0 Å². The van der Waals surface area contributed by atoms with E-state index in [1.54, 1.807) is 0 Å². The van der Waals surface area contributed by atoms with Gasteiger partial charge in [0.25, 0.3) is 0 Å². The zero-order valence-corrected chi connectivity index (χ0v) is 23.1. The zero-order valence-electron chi connectivity index (χ0n) is 23.1. The number of aliphatic hydroxyl groups is 4. The fourth-order valence-electron chi connectivity index (χ4n) is 9.48. The Morgan fingerprint density at radius 2 is 1.75 bits per heavy atom. The summed E-state index contributed by atoms with van der Waals surface area (Å²) in [7, 11) is 0. The smallest absolute Gasteiger partial charge is 0.305 e. The number of fused-ring (bicyclic) bond motifs is 5. The lowest BCUT2D eigenvalue weighted by atomic mass is 9.43. The highest BCUT2D eigenvalue weighted by Gasteiger charge is 2.63. The SMILES string of the molecule is CCC(CO)(CO)COC(=O)CC[C@@H](C)[C@H]1CC[C@H]2[C@@H]3CC[C@@H]4C[C@H](O)CC[C@]4(C)[C@H]3C[C@H](O)[C@]12C. The Balaban J connectivity index is 1.38. The molecule has 0 heterocycles.